The van der Waals surface area contributed by atoms with Gasteiger partial charge in [0.2, 0.25) is 12.7 Å². The number of hydrogen-bond donors (Lipinski definition) is 0. The lowest BCUT2D eigenvalue weighted by molar-refractivity contribution is -0.118. The van der Waals surface area contributed by atoms with Crippen LogP contribution in [0.25, 0.3) is 11.1 Å². The topological polar surface area (TPSA) is 51.7 Å². The summed E-state index contributed by atoms with van der Waals surface area (Å²) in [7, 11) is 0. The third kappa shape index (κ3) is 4.88. The van der Waals surface area contributed by atoms with Crippen molar-refractivity contribution in [1.29, 1.82) is 0 Å². The Bertz CT molecular complexity index is 1240. The number of rotatable bonds is 7. The van der Waals surface area contributed by atoms with Crippen LogP contribution in [0.1, 0.15) is 17.5 Å². The number of ether oxygens (including phenoxy) is 2. The molecule has 164 valence electrons. The molecule has 0 bridgehead atoms. The van der Waals surface area contributed by atoms with Gasteiger partial charge in [0.25, 0.3) is 0 Å². The number of anilines is 1. The number of benzene rings is 3. The van der Waals surface area contributed by atoms with Gasteiger partial charge in [-0.2, -0.15) is 0 Å². The Hall–Kier alpha value is -4.12. The van der Waals surface area contributed by atoms with Gasteiger partial charge in [-0.25, -0.2) is 0 Å². The van der Waals surface area contributed by atoms with Gasteiger partial charge < -0.3 is 14.4 Å². The zero-order valence-electron chi connectivity index (χ0n) is 18.2. The van der Waals surface area contributed by atoms with Crippen molar-refractivity contribution >= 4 is 11.6 Å². The molecule has 0 aliphatic carbocycles. The summed E-state index contributed by atoms with van der Waals surface area (Å²) in [6.45, 7) is 0.673. The van der Waals surface area contributed by atoms with E-state index >= 15 is 0 Å². The van der Waals surface area contributed by atoms with E-state index in [4.69, 9.17) is 9.47 Å². The van der Waals surface area contributed by atoms with E-state index in [1.54, 1.807) is 6.20 Å². The molecule has 4 aromatic rings. The molecule has 0 saturated carbocycles. The highest BCUT2D eigenvalue weighted by Gasteiger charge is 2.19. The van der Waals surface area contributed by atoms with E-state index in [0.29, 0.717) is 25.1 Å². The second kappa shape index (κ2) is 9.57. The second-order valence-corrected chi connectivity index (χ2v) is 7.95. The van der Waals surface area contributed by atoms with Gasteiger partial charge in [0.05, 0.1) is 6.54 Å². The lowest BCUT2D eigenvalue weighted by Crippen LogP contribution is -2.30. The first-order valence-corrected chi connectivity index (χ1v) is 11.0. The first kappa shape index (κ1) is 20.8. The molecule has 5 rings (SSSR count). The SMILES string of the molecule is O=C(CCc1cccnc1)N(Cc1ccc2c(c1)OCO2)c1cccc(-c2ccccc2)c1. The van der Waals surface area contributed by atoms with Gasteiger partial charge in [-0.15, -0.1) is 0 Å². The number of aryl methyl sites for hydroxylation is 1. The highest BCUT2D eigenvalue weighted by molar-refractivity contribution is 5.94. The first-order chi connectivity index (χ1) is 16.3. The molecular weight excluding hydrogens is 412 g/mol. The molecule has 33 heavy (non-hydrogen) atoms. The van der Waals surface area contributed by atoms with E-state index in [9.17, 15) is 4.79 Å². The predicted octanol–water partition coefficient (Wildman–Crippen LogP) is 5.64. The van der Waals surface area contributed by atoms with Crippen molar-refractivity contribution < 1.29 is 14.3 Å². The van der Waals surface area contributed by atoms with Crippen LogP contribution in [-0.4, -0.2) is 17.7 Å². The Kier molecular flexibility index (Phi) is 6.02. The molecule has 0 radical (unpaired) electrons. The van der Waals surface area contributed by atoms with Crippen LogP contribution in [0.2, 0.25) is 0 Å². The number of fused-ring (bicyclic) bond motifs is 1. The summed E-state index contributed by atoms with van der Waals surface area (Å²) in [5.74, 6) is 1.51. The molecule has 1 aromatic heterocycles. The molecule has 0 atom stereocenters. The molecule has 0 N–H and O–H groups in total. The fourth-order valence-electron chi connectivity index (χ4n) is 3.96. The predicted molar refractivity (Wildman–Crippen MR) is 128 cm³/mol. The van der Waals surface area contributed by atoms with E-state index in [0.717, 1.165) is 33.7 Å². The van der Waals surface area contributed by atoms with Gasteiger partial charge in [-0.05, 0) is 59.0 Å². The minimum atomic E-state index is 0.0572. The van der Waals surface area contributed by atoms with Crippen molar-refractivity contribution in [2.45, 2.75) is 19.4 Å². The number of carbonyl (C=O) groups excluding carboxylic acids is 1. The fraction of sp³-hybridized carbons (Fsp3) is 0.143. The monoisotopic (exact) mass is 436 g/mol. The molecule has 5 heteroatoms. The summed E-state index contributed by atoms with van der Waals surface area (Å²) in [6.07, 6.45) is 4.59. The lowest BCUT2D eigenvalue weighted by Gasteiger charge is -2.24. The van der Waals surface area contributed by atoms with Gasteiger partial charge in [-0.3, -0.25) is 9.78 Å². The van der Waals surface area contributed by atoms with E-state index < -0.39 is 0 Å². The number of pyridine rings is 1. The zero-order valence-corrected chi connectivity index (χ0v) is 18.2. The van der Waals surface area contributed by atoms with Gasteiger partial charge in [-0.1, -0.05) is 54.6 Å². The summed E-state index contributed by atoms with van der Waals surface area (Å²) in [5, 5.41) is 0. The summed E-state index contributed by atoms with van der Waals surface area (Å²) in [5.41, 5.74) is 5.09. The fourth-order valence-corrected chi connectivity index (χ4v) is 3.96. The van der Waals surface area contributed by atoms with Crippen LogP contribution < -0.4 is 14.4 Å². The van der Waals surface area contributed by atoms with Crippen LogP contribution in [-0.2, 0) is 17.8 Å². The molecule has 0 spiro atoms. The normalized spacial score (nSPS) is 11.9. The van der Waals surface area contributed by atoms with E-state index in [1.165, 1.54) is 0 Å². The maximum Gasteiger partial charge on any atom is 0.231 e. The lowest BCUT2D eigenvalue weighted by atomic mass is 10.0. The Morgan fingerprint density at radius 3 is 2.52 bits per heavy atom. The number of carbonyl (C=O) groups is 1. The molecule has 0 fully saturated rings. The number of aromatic nitrogens is 1. The third-order valence-corrected chi connectivity index (χ3v) is 5.69. The van der Waals surface area contributed by atoms with Crippen molar-refractivity contribution in [3.63, 3.8) is 0 Å². The number of nitrogens with zero attached hydrogens (tertiary/aromatic N) is 2. The minimum Gasteiger partial charge on any atom is -0.454 e. The van der Waals surface area contributed by atoms with Crippen LogP contribution in [0.15, 0.2) is 97.3 Å². The molecule has 2 heterocycles. The van der Waals surface area contributed by atoms with Crippen LogP contribution in [0, 0.1) is 0 Å². The molecule has 5 nitrogen and oxygen atoms in total. The molecule has 1 amide bonds. The molecule has 1 aliphatic rings. The Morgan fingerprint density at radius 1 is 0.818 bits per heavy atom. The summed E-state index contributed by atoms with van der Waals surface area (Å²) < 4.78 is 11.0. The average molecular weight is 437 g/mol. The van der Waals surface area contributed by atoms with Gasteiger partial charge >= 0.3 is 0 Å². The molecule has 1 aliphatic heterocycles. The van der Waals surface area contributed by atoms with E-state index in [1.807, 2.05) is 71.8 Å². The first-order valence-electron chi connectivity index (χ1n) is 11.0. The van der Waals surface area contributed by atoms with E-state index in [2.05, 4.69) is 29.2 Å². The maximum atomic E-state index is 13.5. The Labute approximate surface area is 193 Å². The summed E-state index contributed by atoms with van der Waals surface area (Å²) in [4.78, 5) is 19.5. The van der Waals surface area contributed by atoms with Crippen molar-refractivity contribution in [1.82, 2.24) is 4.98 Å². The minimum absolute atomic E-state index is 0.0572. The van der Waals surface area contributed by atoms with Crippen LogP contribution in [0.4, 0.5) is 5.69 Å². The smallest absolute Gasteiger partial charge is 0.231 e. The zero-order chi connectivity index (χ0) is 22.5. The Morgan fingerprint density at radius 2 is 1.67 bits per heavy atom. The van der Waals surface area contributed by atoms with Gasteiger partial charge in [0.1, 0.15) is 0 Å². The van der Waals surface area contributed by atoms with Crippen molar-refractivity contribution in [2.24, 2.45) is 0 Å². The van der Waals surface area contributed by atoms with Crippen molar-refractivity contribution in [3.8, 4) is 22.6 Å². The molecule has 3 aromatic carbocycles. The summed E-state index contributed by atoms with van der Waals surface area (Å²) in [6, 6.07) is 28.0. The number of amides is 1. The average Bonchev–Trinajstić information content (AvgIpc) is 3.35. The van der Waals surface area contributed by atoms with Gasteiger partial charge in [0.15, 0.2) is 11.5 Å². The highest BCUT2D eigenvalue weighted by atomic mass is 16.7. The number of hydrogen-bond acceptors (Lipinski definition) is 4. The maximum absolute atomic E-state index is 13.5. The quantitative estimate of drug-likeness (QED) is 0.376. The van der Waals surface area contributed by atoms with Gasteiger partial charge in [0, 0.05) is 24.5 Å². The Balaban J connectivity index is 1.43. The standard InChI is InChI=1S/C28H24N2O3/c31-28(14-12-21-6-5-15-29-18-21)30(19-22-11-13-26-27(16-22)33-20-32-26)25-10-4-9-24(17-25)23-7-2-1-3-8-23/h1-11,13,15-18H,12,14,19-20H2. The highest BCUT2D eigenvalue weighted by Crippen LogP contribution is 2.34. The van der Waals surface area contributed by atoms with Crippen LogP contribution in [0.3, 0.4) is 0 Å². The van der Waals surface area contributed by atoms with Crippen molar-refractivity contribution in [3.05, 3.63) is 108 Å². The molecule has 0 unspecified atom stereocenters. The third-order valence-electron chi connectivity index (χ3n) is 5.69. The largest absolute Gasteiger partial charge is 0.454 e. The molecule has 0 saturated heterocycles. The summed E-state index contributed by atoms with van der Waals surface area (Å²) >= 11 is 0. The van der Waals surface area contributed by atoms with E-state index in [-0.39, 0.29) is 12.7 Å². The molecular formula is C28H24N2O3. The van der Waals surface area contributed by atoms with Crippen molar-refractivity contribution in [2.75, 3.05) is 11.7 Å². The second-order valence-electron chi connectivity index (χ2n) is 7.95. The van der Waals surface area contributed by atoms with Crippen LogP contribution >= 0.6 is 0 Å². The van der Waals surface area contributed by atoms with Crippen LogP contribution in [0.5, 0.6) is 11.5 Å².